The summed E-state index contributed by atoms with van der Waals surface area (Å²) < 4.78 is 5.08. The molecule has 3 nitrogen and oxygen atoms in total. The van der Waals surface area contributed by atoms with Crippen LogP contribution in [0.3, 0.4) is 0 Å². The quantitative estimate of drug-likeness (QED) is 0.541. The zero-order valence-corrected chi connectivity index (χ0v) is 11.7. The van der Waals surface area contributed by atoms with E-state index in [9.17, 15) is 0 Å². The summed E-state index contributed by atoms with van der Waals surface area (Å²) in [5.41, 5.74) is 7.96. The van der Waals surface area contributed by atoms with Crippen molar-refractivity contribution in [3.05, 3.63) is 29.8 Å². The molecule has 0 aliphatic rings. The lowest BCUT2D eigenvalue weighted by Crippen LogP contribution is -2.25. The molecule has 0 heterocycles. The number of ether oxygens (including phenoxy) is 1. The first-order chi connectivity index (χ1) is 8.76. The van der Waals surface area contributed by atoms with Gasteiger partial charge in [-0.1, -0.05) is 19.1 Å². The van der Waals surface area contributed by atoms with E-state index in [4.69, 9.17) is 10.5 Å². The van der Waals surface area contributed by atoms with Crippen LogP contribution in [0.15, 0.2) is 24.3 Å². The molecule has 0 aromatic heterocycles. The molecule has 0 saturated heterocycles. The molecule has 0 radical (unpaired) electrons. The SMILES string of the molecule is CCCN(CCCCOC)Cc1cccc(N)c1. The number of rotatable bonds is 9. The van der Waals surface area contributed by atoms with Crippen LogP contribution >= 0.6 is 0 Å². The standard InChI is InChI=1S/C15H26N2O/c1-3-9-17(10-4-5-11-18-2)13-14-7-6-8-15(16)12-14/h6-8,12H,3-5,9-11,13,16H2,1-2H3. The molecule has 0 atom stereocenters. The number of methoxy groups -OCH3 is 1. The number of unbranched alkanes of at least 4 members (excludes halogenated alkanes) is 1. The van der Waals surface area contributed by atoms with E-state index in [2.05, 4.69) is 24.0 Å². The number of nitrogens with zero attached hydrogens (tertiary/aromatic N) is 1. The van der Waals surface area contributed by atoms with Gasteiger partial charge in [0, 0.05) is 25.9 Å². The first kappa shape index (κ1) is 15.0. The van der Waals surface area contributed by atoms with Gasteiger partial charge in [0.25, 0.3) is 0 Å². The highest BCUT2D eigenvalue weighted by Crippen LogP contribution is 2.10. The zero-order chi connectivity index (χ0) is 13.2. The molecule has 0 fully saturated rings. The molecule has 2 N–H and O–H groups in total. The fraction of sp³-hybridized carbons (Fsp3) is 0.600. The second-order valence-corrected chi connectivity index (χ2v) is 4.72. The van der Waals surface area contributed by atoms with Gasteiger partial charge in [0.2, 0.25) is 0 Å². The molecule has 102 valence electrons. The third-order valence-electron chi connectivity index (χ3n) is 2.97. The minimum absolute atomic E-state index is 0.850. The van der Waals surface area contributed by atoms with Crippen molar-refractivity contribution in [2.45, 2.75) is 32.7 Å². The topological polar surface area (TPSA) is 38.5 Å². The molecule has 0 saturated carbocycles. The van der Waals surface area contributed by atoms with Crippen LogP contribution in [0.5, 0.6) is 0 Å². The Bertz CT molecular complexity index is 328. The molecule has 0 spiro atoms. The molecule has 0 unspecified atom stereocenters. The first-order valence-electron chi connectivity index (χ1n) is 6.82. The van der Waals surface area contributed by atoms with Crippen LogP contribution in [-0.4, -0.2) is 31.7 Å². The highest BCUT2D eigenvalue weighted by molar-refractivity contribution is 5.40. The fourth-order valence-corrected chi connectivity index (χ4v) is 2.12. The van der Waals surface area contributed by atoms with Gasteiger partial charge < -0.3 is 10.5 Å². The van der Waals surface area contributed by atoms with Crippen LogP contribution in [0.25, 0.3) is 0 Å². The lowest BCUT2D eigenvalue weighted by Gasteiger charge is -2.21. The van der Waals surface area contributed by atoms with Crippen molar-refractivity contribution in [3.63, 3.8) is 0 Å². The summed E-state index contributed by atoms with van der Waals surface area (Å²) >= 11 is 0. The van der Waals surface area contributed by atoms with E-state index in [0.717, 1.165) is 38.3 Å². The van der Waals surface area contributed by atoms with E-state index in [1.807, 2.05) is 12.1 Å². The van der Waals surface area contributed by atoms with Crippen LogP contribution in [0, 0.1) is 0 Å². The Morgan fingerprint density at radius 2 is 2.06 bits per heavy atom. The van der Waals surface area contributed by atoms with Crippen molar-refractivity contribution in [3.8, 4) is 0 Å². The van der Waals surface area contributed by atoms with E-state index >= 15 is 0 Å². The van der Waals surface area contributed by atoms with Crippen LogP contribution < -0.4 is 5.73 Å². The second kappa shape index (κ2) is 8.95. The predicted octanol–water partition coefficient (Wildman–Crippen LogP) is 2.91. The molecule has 1 rings (SSSR count). The summed E-state index contributed by atoms with van der Waals surface area (Å²) in [6.45, 7) is 6.35. The van der Waals surface area contributed by atoms with Gasteiger partial charge >= 0.3 is 0 Å². The Labute approximate surface area is 111 Å². The molecule has 18 heavy (non-hydrogen) atoms. The first-order valence-corrected chi connectivity index (χ1v) is 6.82. The van der Waals surface area contributed by atoms with E-state index in [0.29, 0.717) is 0 Å². The fourth-order valence-electron chi connectivity index (χ4n) is 2.12. The predicted molar refractivity (Wildman–Crippen MR) is 77.5 cm³/mol. The molecule has 0 aliphatic heterocycles. The third kappa shape index (κ3) is 6.03. The number of hydrogen-bond donors (Lipinski definition) is 1. The molecule has 0 amide bonds. The average molecular weight is 250 g/mol. The molecule has 0 bridgehead atoms. The van der Waals surface area contributed by atoms with Gasteiger partial charge in [-0.25, -0.2) is 0 Å². The third-order valence-corrected chi connectivity index (χ3v) is 2.97. The van der Waals surface area contributed by atoms with Gasteiger partial charge in [-0.15, -0.1) is 0 Å². The van der Waals surface area contributed by atoms with Crippen LogP contribution in [0.1, 0.15) is 31.7 Å². The normalized spacial score (nSPS) is 11.1. The zero-order valence-electron chi connectivity index (χ0n) is 11.7. The number of nitrogens with two attached hydrogens (primary N) is 1. The average Bonchev–Trinajstić information content (AvgIpc) is 2.35. The van der Waals surface area contributed by atoms with Gasteiger partial charge in [0.1, 0.15) is 0 Å². The maximum Gasteiger partial charge on any atom is 0.0462 e. The van der Waals surface area contributed by atoms with Crippen molar-refractivity contribution in [1.29, 1.82) is 0 Å². The number of benzene rings is 1. The summed E-state index contributed by atoms with van der Waals surface area (Å²) in [6, 6.07) is 8.18. The molecular formula is C15H26N2O. The van der Waals surface area contributed by atoms with Crippen LogP contribution in [-0.2, 0) is 11.3 Å². The highest BCUT2D eigenvalue weighted by Gasteiger charge is 2.05. The van der Waals surface area contributed by atoms with E-state index in [1.165, 1.54) is 18.4 Å². The lowest BCUT2D eigenvalue weighted by atomic mass is 10.1. The smallest absolute Gasteiger partial charge is 0.0462 e. The Morgan fingerprint density at radius 3 is 2.72 bits per heavy atom. The second-order valence-electron chi connectivity index (χ2n) is 4.72. The summed E-state index contributed by atoms with van der Waals surface area (Å²) in [6.07, 6.45) is 3.51. The Morgan fingerprint density at radius 1 is 1.22 bits per heavy atom. The summed E-state index contributed by atoms with van der Waals surface area (Å²) in [5.74, 6) is 0. The Balaban J connectivity index is 2.41. The largest absolute Gasteiger partial charge is 0.399 e. The minimum atomic E-state index is 0.850. The van der Waals surface area contributed by atoms with Gasteiger partial charge in [0.15, 0.2) is 0 Å². The van der Waals surface area contributed by atoms with Crippen LogP contribution in [0.2, 0.25) is 0 Å². The molecule has 1 aromatic rings. The van der Waals surface area contributed by atoms with Gasteiger partial charge in [0.05, 0.1) is 0 Å². The van der Waals surface area contributed by atoms with Crippen LogP contribution in [0.4, 0.5) is 5.69 Å². The van der Waals surface area contributed by atoms with E-state index in [-0.39, 0.29) is 0 Å². The number of anilines is 1. The van der Waals surface area contributed by atoms with Gasteiger partial charge in [-0.2, -0.15) is 0 Å². The van der Waals surface area contributed by atoms with E-state index < -0.39 is 0 Å². The summed E-state index contributed by atoms with van der Waals surface area (Å²) in [7, 11) is 1.76. The minimum Gasteiger partial charge on any atom is -0.399 e. The van der Waals surface area contributed by atoms with Gasteiger partial charge in [-0.05, 0) is 50.0 Å². The lowest BCUT2D eigenvalue weighted by molar-refractivity contribution is 0.182. The Hall–Kier alpha value is -1.06. The van der Waals surface area contributed by atoms with Crippen molar-refractivity contribution in [1.82, 2.24) is 4.90 Å². The molecular weight excluding hydrogens is 224 g/mol. The van der Waals surface area contributed by atoms with Crippen molar-refractivity contribution in [2.24, 2.45) is 0 Å². The molecule has 0 aliphatic carbocycles. The highest BCUT2D eigenvalue weighted by atomic mass is 16.5. The van der Waals surface area contributed by atoms with Crippen molar-refractivity contribution in [2.75, 3.05) is 32.5 Å². The van der Waals surface area contributed by atoms with Gasteiger partial charge in [-0.3, -0.25) is 4.90 Å². The number of hydrogen-bond acceptors (Lipinski definition) is 3. The summed E-state index contributed by atoms with van der Waals surface area (Å²) in [4.78, 5) is 2.49. The maximum atomic E-state index is 5.81. The maximum absolute atomic E-state index is 5.81. The van der Waals surface area contributed by atoms with Crippen molar-refractivity contribution < 1.29 is 4.74 Å². The number of nitrogen functional groups attached to an aromatic ring is 1. The Kier molecular flexibility index (Phi) is 7.46. The molecule has 3 heteroatoms. The van der Waals surface area contributed by atoms with E-state index in [1.54, 1.807) is 7.11 Å². The van der Waals surface area contributed by atoms with Crippen molar-refractivity contribution >= 4 is 5.69 Å². The molecule has 1 aromatic carbocycles. The summed E-state index contributed by atoms with van der Waals surface area (Å²) in [5, 5.41) is 0. The monoisotopic (exact) mass is 250 g/mol.